The Bertz CT molecular complexity index is 180. The number of amides is 1. The molecule has 0 saturated carbocycles. The molecule has 0 bridgehead atoms. The van der Waals surface area contributed by atoms with Gasteiger partial charge in [-0.3, -0.25) is 4.79 Å². The van der Waals surface area contributed by atoms with Gasteiger partial charge in [-0.15, -0.1) is 0 Å². The van der Waals surface area contributed by atoms with Crippen LogP contribution in [0.4, 0.5) is 8.78 Å². The molecule has 0 saturated heterocycles. The fraction of sp³-hybridized carbons (Fsp3) is 0.900. The molecule has 0 aromatic carbocycles. The number of halogens is 2. The van der Waals surface area contributed by atoms with Crippen molar-refractivity contribution in [1.29, 1.82) is 0 Å². The van der Waals surface area contributed by atoms with Gasteiger partial charge in [-0.25, -0.2) is 8.78 Å². The number of rotatable bonds is 10. The van der Waals surface area contributed by atoms with E-state index in [1.165, 1.54) is 0 Å². The third-order valence-electron chi connectivity index (χ3n) is 1.81. The second kappa shape index (κ2) is 10.8. The molecule has 0 unspecified atom stereocenters. The van der Waals surface area contributed by atoms with Crippen LogP contribution < -0.4 is 10.6 Å². The minimum atomic E-state index is -2.43. The fourth-order valence-corrected chi connectivity index (χ4v) is 0.986. The van der Waals surface area contributed by atoms with Crippen LogP contribution in [-0.2, 0) is 9.53 Å². The molecule has 0 rings (SSSR count). The number of carbonyl (C=O) groups excluding carboxylic acids is 1. The van der Waals surface area contributed by atoms with Crippen molar-refractivity contribution in [1.82, 2.24) is 10.6 Å². The van der Waals surface area contributed by atoms with Crippen LogP contribution in [0.1, 0.15) is 19.8 Å². The molecule has 0 radical (unpaired) electrons. The Balaban J connectivity index is 3.15. The fourth-order valence-electron chi connectivity index (χ4n) is 0.986. The average Bonchev–Trinajstić information content (AvgIpc) is 2.23. The van der Waals surface area contributed by atoms with E-state index in [2.05, 4.69) is 15.4 Å². The Labute approximate surface area is 94.7 Å². The Morgan fingerprint density at radius 1 is 1.38 bits per heavy atom. The van der Waals surface area contributed by atoms with Crippen LogP contribution in [0, 0.1) is 0 Å². The largest absolute Gasteiger partial charge is 0.374 e. The van der Waals surface area contributed by atoms with Gasteiger partial charge in [0.25, 0.3) is 6.43 Å². The van der Waals surface area contributed by atoms with Gasteiger partial charge < -0.3 is 15.4 Å². The third-order valence-corrected chi connectivity index (χ3v) is 1.81. The zero-order valence-electron chi connectivity index (χ0n) is 9.60. The lowest BCUT2D eigenvalue weighted by Crippen LogP contribution is -2.35. The summed E-state index contributed by atoms with van der Waals surface area (Å²) in [4.78, 5) is 11.1. The number of ether oxygens (including phenoxy) is 1. The zero-order chi connectivity index (χ0) is 12.2. The molecule has 2 N–H and O–H groups in total. The summed E-state index contributed by atoms with van der Waals surface area (Å²) in [6, 6.07) is 0. The van der Waals surface area contributed by atoms with Gasteiger partial charge in [0.2, 0.25) is 5.91 Å². The minimum absolute atomic E-state index is 0.0812. The predicted molar refractivity (Wildman–Crippen MR) is 57.6 cm³/mol. The number of nitrogens with one attached hydrogen (secondary N) is 2. The molecule has 0 aliphatic heterocycles. The molecule has 0 atom stereocenters. The van der Waals surface area contributed by atoms with Crippen molar-refractivity contribution in [2.24, 2.45) is 0 Å². The summed E-state index contributed by atoms with van der Waals surface area (Å²) < 4.78 is 27.9. The van der Waals surface area contributed by atoms with Crippen LogP contribution in [0.2, 0.25) is 0 Å². The summed E-state index contributed by atoms with van der Waals surface area (Å²) in [5.41, 5.74) is 0. The summed E-state index contributed by atoms with van der Waals surface area (Å²) in [5.74, 6) is -0.0812. The maximum absolute atomic E-state index is 11.6. The molecule has 1 amide bonds. The molecule has 0 heterocycles. The molecular formula is C10H20F2N2O2. The minimum Gasteiger partial charge on any atom is -0.374 e. The first kappa shape index (κ1) is 15.2. The number of hydrogen-bond donors (Lipinski definition) is 2. The Kier molecular flexibility index (Phi) is 10.3. The highest BCUT2D eigenvalue weighted by atomic mass is 19.3. The van der Waals surface area contributed by atoms with Crippen molar-refractivity contribution in [2.75, 3.05) is 32.8 Å². The normalized spacial score (nSPS) is 10.8. The first-order valence-corrected chi connectivity index (χ1v) is 5.50. The van der Waals surface area contributed by atoms with Crippen molar-refractivity contribution >= 4 is 5.91 Å². The Morgan fingerprint density at radius 3 is 2.75 bits per heavy atom. The second-order valence-electron chi connectivity index (χ2n) is 3.35. The molecule has 16 heavy (non-hydrogen) atoms. The van der Waals surface area contributed by atoms with Gasteiger partial charge in [0, 0.05) is 13.1 Å². The summed E-state index contributed by atoms with van der Waals surface area (Å²) in [6.45, 7) is 2.95. The average molecular weight is 238 g/mol. The first-order valence-electron chi connectivity index (χ1n) is 5.50. The highest BCUT2D eigenvalue weighted by Crippen LogP contribution is 1.91. The van der Waals surface area contributed by atoms with E-state index in [1.54, 1.807) is 0 Å². The van der Waals surface area contributed by atoms with Gasteiger partial charge >= 0.3 is 0 Å². The van der Waals surface area contributed by atoms with E-state index in [4.69, 9.17) is 0 Å². The summed E-state index contributed by atoms with van der Waals surface area (Å²) >= 11 is 0. The van der Waals surface area contributed by atoms with Crippen LogP contribution in [0.5, 0.6) is 0 Å². The molecule has 0 spiro atoms. The van der Waals surface area contributed by atoms with E-state index in [1.807, 2.05) is 6.92 Å². The third kappa shape index (κ3) is 11.3. The van der Waals surface area contributed by atoms with Crippen molar-refractivity contribution < 1.29 is 18.3 Å². The van der Waals surface area contributed by atoms with Gasteiger partial charge in [-0.2, -0.15) is 0 Å². The molecule has 0 aliphatic carbocycles. The van der Waals surface area contributed by atoms with E-state index >= 15 is 0 Å². The van der Waals surface area contributed by atoms with Crippen molar-refractivity contribution in [3.63, 3.8) is 0 Å². The monoisotopic (exact) mass is 238 g/mol. The van der Waals surface area contributed by atoms with Crippen LogP contribution in [0.25, 0.3) is 0 Å². The number of hydrogen-bond acceptors (Lipinski definition) is 3. The summed E-state index contributed by atoms with van der Waals surface area (Å²) in [6.07, 6.45) is -0.435. The second-order valence-corrected chi connectivity index (χ2v) is 3.35. The van der Waals surface area contributed by atoms with Crippen molar-refractivity contribution in [3.05, 3.63) is 0 Å². The molecular weight excluding hydrogens is 218 g/mol. The lowest BCUT2D eigenvalue weighted by molar-refractivity contribution is -0.120. The highest BCUT2D eigenvalue weighted by Gasteiger charge is 2.02. The molecule has 0 fully saturated rings. The lowest BCUT2D eigenvalue weighted by atomic mass is 10.3. The maximum Gasteiger partial charge on any atom is 0.261 e. The predicted octanol–water partition coefficient (Wildman–Crippen LogP) is 0.774. The number of carbonyl (C=O) groups is 1. The van der Waals surface area contributed by atoms with Gasteiger partial charge in [0.05, 0.1) is 13.2 Å². The molecule has 96 valence electrons. The van der Waals surface area contributed by atoms with E-state index in [0.717, 1.165) is 12.8 Å². The molecule has 4 nitrogen and oxygen atoms in total. The topological polar surface area (TPSA) is 50.4 Å². The van der Waals surface area contributed by atoms with E-state index in [-0.39, 0.29) is 19.1 Å². The van der Waals surface area contributed by atoms with E-state index < -0.39 is 13.0 Å². The molecule has 6 heteroatoms. The summed E-state index contributed by atoms with van der Waals surface area (Å²) in [7, 11) is 0. The quantitative estimate of drug-likeness (QED) is 0.553. The van der Waals surface area contributed by atoms with Gasteiger partial charge in [-0.1, -0.05) is 13.3 Å². The standard InChI is InChI=1S/C10H20F2N2O2/c1-2-3-4-14-10(15)7-13-5-6-16-8-9(11)12/h9,13H,2-8H2,1H3,(H,14,15). The van der Waals surface area contributed by atoms with Gasteiger partial charge in [0.15, 0.2) is 0 Å². The van der Waals surface area contributed by atoms with Gasteiger partial charge in [0.1, 0.15) is 6.61 Å². The lowest BCUT2D eigenvalue weighted by Gasteiger charge is -2.06. The summed E-state index contributed by atoms with van der Waals surface area (Å²) in [5, 5.41) is 5.53. The zero-order valence-corrected chi connectivity index (χ0v) is 9.60. The smallest absolute Gasteiger partial charge is 0.261 e. The molecule has 0 aromatic heterocycles. The highest BCUT2D eigenvalue weighted by molar-refractivity contribution is 5.77. The van der Waals surface area contributed by atoms with Crippen LogP contribution >= 0.6 is 0 Å². The first-order chi connectivity index (χ1) is 7.66. The van der Waals surface area contributed by atoms with Crippen LogP contribution in [-0.4, -0.2) is 45.2 Å². The number of unbranched alkanes of at least 4 members (excludes halogenated alkanes) is 1. The van der Waals surface area contributed by atoms with Gasteiger partial charge in [-0.05, 0) is 6.42 Å². The van der Waals surface area contributed by atoms with Crippen LogP contribution in [0.15, 0.2) is 0 Å². The van der Waals surface area contributed by atoms with Crippen molar-refractivity contribution in [3.8, 4) is 0 Å². The molecule has 0 aromatic rings. The van der Waals surface area contributed by atoms with E-state index in [9.17, 15) is 13.6 Å². The van der Waals surface area contributed by atoms with Crippen LogP contribution in [0.3, 0.4) is 0 Å². The Morgan fingerprint density at radius 2 is 2.12 bits per heavy atom. The van der Waals surface area contributed by atoms with E-state index in [0.29, 0.717) is 13.1 Å². The maximum atomic E-state index is 11.6. The molecule has 0 aliphatic rings. The number of alkyl halides is 2. The Hall–Kier alpha value is -0.750. The van der Waals surface area contributed by atoms with Crippen molar-refractivity contribution in [2.45, 2.75) is 26.2 Å². The SMILES string of the molecule is CCCCNC(=O)CNCCOCC(F)F.